The lowest BCUT2D eigenvalue weighted by molar-refractivity contribution is 0.529. The Morgan fingerprint density at radius 1 is 0.394 bits per heavy atom. The van der Waals surface area contributed by atoms with Crippen molar-refractivity contribution >= 4 is 5.69 Å². The number of nitrogen functional groups attached to an aromatic ring is 1. The van der Waals surface area contributed by atoms with Gasteiger partial charge in [0, 0.05) is 5.69 Å². The highest BCUT2D eigenvalue weighted by Crippen LogP contribution is 2.19. The third-order valence-corrected chi connectivity index (χ3v) is 7.21. The van der Waals surface area contributed by atoms with E-state index in [0.29, 0.717) is 0 Å². The van der Waals surface area contributed by atoms with E-state index in [1.807, 2.05) is 0 Å². The highest BCUT2D eigenvalue weighted by molar-refractivity contribution is 5.44. The van der Waals surface area contributed by atoms with Crippen LogP contribution in [0.3, 0.4) is 0 Å². The van der Waals surface area contributed by atoms with Gasteiger partial charge in [-0.15, -0.1) is 0 Å². The summed E-state index contributed by atoms with van der Waals surface area (Å²) in [5.41, 5.74) is 10.1. The van der Waals surface area contributed by atoms with E-state index in [1.165, 1.54) is 165 Å². The van der Waals surface area contributed by atoms with Gasteiger partial charge in [-0.1, -0.05) is 148 Å². The molecule has 0 aliphatic carbocycles. The predicted octanol–water partition coefficient (Wildman–Crippen LogP) is 11.0. The number of rotatable bonds is 24. The van der Waals surface area contributed by atoms with Crippen molar-refractivity contribution < 1.29 is 0 Å². The van der Waals surface area contributed by atoms with E-state index in [-0.39, 0.29) is 0 Å². The number of anilines is 1. The zero-order valence-electron chi connectivity index (χ0n) is 22.8. The average molecular weight is 458 g/mol. The van der Waals surface area contributed by atoms with E-state index >= 15 is 0 Å². The van der Waals surface area contributed by atoms with Crippen molar-refractivity contribution in [3.8, 4) is 0 Å². The fourth-order valence-corrected chi connectivity index (χ4v) is 5.07. The zero-order valence-corrected chi connectivity index (χ0v) is 22.8. The molecule has 1 rings (SSSR count). The molecule has 0 radical (unpaired) electrons. The van der Waals surface area contributed by atoms with Gasteiger partial charge in [-0.05, 0) is 48.9 Å². The van der Waals surface area contributed by atoms with Crippen molar-refractivity contribution in [2.45, 2.75) is 168 Å². The van der Waals surface area contributed by atoms with Crippen LogP contribution in [0.1, 0.15) is 166 Å². The SMILES string of the molecule is CCCCCCCCCCCCCCCCCCc1cc(N)cc(CCCCCCCC)c1. The number of benzene rings is 1. The second kappa shape index (κ2) is 22.8. The Hall–Kier alpha value is -0.980. The molecule has 0 saturated heterocycles. The molecule has 0 amide bonds. The molecule has 33 heavy (non-hydrogen) atoms. The van der Waals surface area contributed by atoms with Crippen molar-refractivity contribution in [3.63, 3.8) is 0 Å². The third kappa shape index (κ3) is 19.1. The number of nitrogens with two attached hydrogens (primary N) is 1. The number of hydrogen-bond acceptors (Lipinski definition) is 1. The molecule has 0 bridgehead atoms. The molecule has 0 atom stereocenters. The molecule has 0 aliphatic rings. The van der Waals surface area contributed by atoms with E-state index in [1.54, 1.807) is 0 Å². The van der Waals surface area contributed by atoms with Crippen LogP contribution >= 0.6 is 0 Å². The lowest BCUT2D eigenvalue weighted by Gasteiger charge is -2.08. The first-order valence-corrected chi connectivity index (χ1v) is 15.1. The van der Waals surface area contributed by atoms with E-state index in [9.17, 15) is 0 Å². The Kier molecular flexibility index (Phi) is 20.8. The van der Waals surface area contributed by atoms with Crippen molar-refractivity contribution in [1.82, 2.24) is 0 Å². The zero-order chi connectivity index (χ0) is 23.8. The minimum absolute atomic E-state index is 0.963. The summed E-state index contributed by atoms with van der Waals surface area (Å²) in [6.45, 7) is 4.58. The maximum atomic E-state index is 6.19. The molecule has 1 aromatic carbocycles. The third-order valence-electron chi connectivity index (χ3n) is 7.21. The van der Waals surface area contributed by atoms with Gasteiger partial charge in [0.05, 0.1) is 0 Å². The molecule has 0 fully saturated rings. The maximum absolute atomic E-state index is 6.19. The van der Waals surface area contributed by atoms with Crippen molar-refractivity contribution in [1.29, 1.82) is 0 Å². The first-order valence-electron chi connectivity index (χ1n) is 15.1. The fraction of sp³-hybridized carbons (Fsp3) is 0.812. The molecular formula is C32H59N. The molecule has 0 spiro atoms. The van der Waals surface area contributed by atoms with Crippen LogP contribution in [-0.4, -0.2) is 0 Å². The minimum Gasteiger partial charge on any atom is -0.399 e. The molecule has 0 heterocycles. The Balaban J connectivity index is 1.95. The average Bonchev–Trinajstić information content (AvgIpc) is 2.81. The van der Waals surface area contributed by atoms with Gasteiger partial charge < -0.3 is 5.73 Å². The molecule has 0 aliphatic heterocycles. The van der Waals surface area contributed by atoms with E-state index in [4.69, 9.17) is 5.73 Å². The van der Waals surface area contributed by atoms with Crippen LogP contribution in [0.25, 0.3) is 0 Å². The van der Waals surface area contributed by atoms with Crippen LogP contribution < -0.4 is 5.73 Å². The summed E-state index contributed by atoms with van der Waals surface area (Å²) in [6.07, 6.45) is 33.5. The van der Waals surface area contributed by atoms with E-state index in [0.717, 1.165) is 5.69 Å². The van der Waals surface area contributed by atoms with Crippen LogP contribution in [-0.2, 0) is 12.8 Å². The lowest BCUT2D eigenvalue weighted by Crippen LogP contribution is -1.95. The molecule has 192 valence electrons. The second-order valence-corrected chi connectivity index (χ2v) is 10.7. The summed E-state index contributed by atoms with van der Waals surface area (Å²) < 4.78 is 0. The monoisotopic (exact) mass is 457 g/mol. The number of hydrogen-bond donors (Lipinski definition) is 1. The Morgan fingerprint density at radius 2 is 0.667 bits per heavy atom. The Morgan fingerprint density at radius 3 is 0.970 bits per heavy atom. The predicted molar refractivity (Wildman–Crippen MR) is 151 cm³/mol. The topological polar surface area (TPSA) is 26.0 Å². The highest BCUT2D eigenvalue weighted by Gasteiger charge is 2.01. The van der Waals surface area contributed by atoms with Gasteiger partial charge in [0.15, 0.2) is 0 Å². The smallest absolute Gasteiger partial charge is 0.0319 e. The number of unbranched alkanes of at least 4 members (excludes halogenated alkanes) is 20. The van der Waals surface area contributed by atoms with Crippen LogP contribution in [0.4, 0.5) is 5.69 Å². The summed E-state index contributed by atoms with van der Waals surface area (Å²) in [5.74, 6) is 0. The molecule has 1 nitrogen and oxygen atoms in total. The molecule has 0 aromatic heterocycles. The van der Waals surface area contributed by atoms with Crippen LogP contribution in [0.15, 0.2) is 18.2 Å². The van der Waals surface area contributed by atoms with Gasteiger partial charge in [0.2, 0.25) is 0 Å². The maximum Gasteiger partial charge on any atom is 0.0319 e. The summed E-state index contributed by atoms with van der Waals surface area (Å²) in [5, 5.41) is 0. The van der Waals surface area contributed by atoms with Crippen LogP contribution in [0.5, 0.6) is 0 Å². The molecule has 1 heteroatoms. The Bertz CT molecular complexity index is 535. The van der Waals surface area contributed by atoms with Gasteiger partial charge in [-0.2, -0.15) is 0 Å². The van der Waals surface area contributed by atoms with Crippen molar-refractivity contribution in [3.05, 3.63) is 29.3 Å². The molecule has 0 saturated carbocycles. The van der Waals surface area contributed by atoms with Crippen molar-refractivity contribution in [2.24, 2.45) is 0 Å². The van der Waals surface area contributed by atoms with Gasteiger partial charge >= 0.3 is 0 Å². The first-order chi connectivity index (χ1) is 16.3. The molecule has 2 N–H and O–H groups in total. The lowest BCUT2D eigenvalue weighted by atomic mass is 9.99. The van der Waals surface area contributed by atoms with Gasteiger partial charge in [0.25, 0.3) is 0 Å². The van der Waals surface area contributed by atoms with Gasteiger partial charge in [-0.3, -0.25) is 0 Å². The molecule has 0 unspecified atom stereocenters. The fourth-order valence-electron chi connectivity index (χ4n) is 5.07. The van der Waals surface area contributed by atoms with Crippen LogP contribution in [0, 0.1) is 0 Å². The summed E-state index contributed by atoms with van der Waals surface area (Å²) in [4.78, 5) is 0. The van der Waals surface area contributed by atoms with Gasteiger partial charge in [0.1, 0.15) is 0 Å². The highest BCUT2D eigenvalue weighted by atomic mass is 14.5. The van der Waals surface area contributed by atoms with E-state index in [2.05, 4.69) is 32.0 Å². The number of aryl methyl sites for hydroxylation is 2. The normalized spacial score (nSPS) is 11.3. The second-order valence-electron chi connectivity index (χ2n) is 10.7. The largest absolute Gasteiger partial charge is 0.399 e. The standard InChI is InChI=1S/C32H59N/c1-3-5-7-9-11-12-13-14-15-16-17-18-19-20-22-24-26-31-27-30(28-32(33)29-31)25-23-21-10-8-6-4-2/h27-29H,3-26,33H2,1-2H3. The minimum atomic E-state index is 0.963. The van der Waals surface area contributed by atoms with E-state index < -0.39 is 0 Å². The van der Waals surface area contributed by atoms with Crippen LogP contribution in [0.2, 0.25) is 0 Å². The quantitative estimate of drug-likeness (QED) is 0.121. The van der Waals surface area contributed by atoms with Gasteiger partial charge in [-0.25, -0.2) is 0 Å². The molecule has 1 aromatic rings. The summed E-state index contributed by atoms with van der Waals surface area (Å²) in [7, 11) is 0. The molecular weight excluding hydrogens is 398 g/mol. The first kappa shape index (κ1) is 30.1. The van der Waals surface area contributed by atoms with Crippen molar-refractivity contribution in [2.75, 3.05) is 5.73 Å². The summed E-state index contributed by atoms with van der Waals surface area (Å²) in [6, 6.07) is 6.83. The summed E-state index contributed by atoms with van der Waals surface area (Å²) >= 11 is 0. The Labute approximate surface area is 208 Å².